The first-order valence-electron chi connectivity index (χ1n) is 18.5. The fourth-order valence-corrected chi connectivity index (χ4v) is 12.9. The highest BCUT2D eigenvalue weighted by atomic mass is 16.5. The number of hydrogen-bond acceptors (Lipinski definition) is 4. The van der Waals surface area contributed by atoms with Crippen molar-refractivity contribution in [3.8, 4) is 0 Å². The van der Waals surface area contributed by atoms with Gasteiger partial charge in [0.05, 0.1) is 18.1 Å². The van der Waals surface area contributed by atoms with Crippen LogP contribution in [-0.2, 0) is 14.3 Å². The highest BCUT2D eigenvalue weighted by molar-refractivity contribution is 5.88. The van der Waals surface area contributed by atoms with Crippen LogP contribution in [0, 0.1) is 62.6 Å². The molecular weight excluding hydrogens is 562 g/mol. The van der Waals surface area contributed by atoms with Gasteiger partial charge in [0.1, 0.15) is 6.04 Å². The number of amides is 1. The molecule has 0 aliphatic heterocycles. The first-order chi connectivity index (χ1) is 21.0. The van der Waals surface area contributed by atoms with Crippen LogP contribution in [0.5, 0.6) is 0 Å². The van der Waals surface area contributed by atoms with Gasteiger partial charge in [-0.05, 0) is 140 Å². The zero-order valence-electron chi connectivity index (χ0n) is 29.8. The maximum Gasteiger partial charge on any atom is 0.326 e. The minimum absolute atomic E-state index is 0.0293. The van der Waals surface area contributed by atoms with E-state index in [1.807, 2.05) is 13.8 Å². The van der Waals surface area contributed by atoms with Crippen molar-refractivity contribution in [2.75, 3.05) is 13.2 Å². The van der Waals surface area contributed by atoms with Gasteiger partial charge >= 0.3 is 5.97 Å². The maximum absolute atomic E-state index is 14.5. The van der Waals surface area contributed by atoms with Crippen molar-refractivity contribution >= 4 is 11.9 Å². The van der Waals surface area contributed by atoms with Gasteiger partial charge in [0.25, 0.3) is 0 Å². The minimum atomic E-state index is -0.934. The van der Waals surface area contributed by atoms with E-state index in [0.717, 1.165) is 63.4 Å². The molecule has 1 amide bonds. The first-order valence-corrected chi connectivity index (χ1v) is 18.5. The number of aliphatic hydroxyl groups is 1. The zero-order valence-corrected chi connectivity index (χ0v) is 29.8. The maximum atomic E-state index is 14.5. The van der Waals surface area contributed by atoms with E-state index in [0.29, 0.717) is 37.4 Å². The van der Waals surface area contributed by atoms with Gasteiger partial charge in [-0.25, -0.2) is 4.79 Å². The Labute approximate surface area is 273 Å². The molecule has 45 heavy (non-hydrogen) atoms. The quantitative estimate of drug-likeness (QED) is 0.168. The Balaban J connectivity index is 1.52. The molecule has 0 aromatic heterocycles. The molecule has 0 spiro atoms. The number of hydrogen-bond donors (Lipinski definition) is 3. The normalized spacial score (nSPS) is 44.2. The molecule has 5 aliphatic carbocycles. The van der Waals surface area contributed by atoms with Crippen molar-refractivity contribution in [3.05, 3.63) is 12.2 Å². The fourth-order valence-electron chi connectivity index (χ4n) is 12.9. The summed E-state index contributed by atoms with van der Waals surface area (Å²) in [6, 6.07) is -0.857. The third-order valence-corrected chi connectivity index (χ3v) is 15.3. The second-order valence-electron chi connectivity index (χ2n) is 18.1. The van der Waals surface area contributed by atoms with Gasteiger partial charge in [0, 0.05) is 6.61 Å². The number of ether oxygens (including phenoxy) is 1. The molecule has 5 aliphatic rings. The van der Waals surface area contributed by atoms with Crippen LogP contribution < -0.4 is 5.32 Å². The van der Waals surface area contributed by atoms with Gasteiger partial charge in [-0.2, -0.15) is 0 Å². The number of aliphatic hydroxyl groups excluding tert-OH is 1. The molecule has 0 saturated heterocycles. The second-order valence-corrected chi connectivity index (χ2v) is 18.1. The monoisotopic (exact) mass is 627 g/mol. The van der Waals surface area contributed by atoms with Crippen LogP contribution in [0.15, 0.2) is 12.2 Å². The molecule has 256 valence electrons. The van der Waals surface area contributed by atoms with Gasteiger partial charge in [0.2, 0.25) is 5.91 Å². The molecule has 3 N–H and O–H groups in total. The average Bonchev–Trinajstić information content (AvgIpc) is 3.36. The van der Waals surface area contributed by atoms with E-state index in [-0.39, 0.29) is 51.4 Å². The molecule has 0 heterocycles. The molecule has 6 nitrogen and oxygen atoms in total. The highest BCUT2D eigenvalue weighted by Crippen LogP contribution is 2.77. The summed E-state index contributed by atoms with van der Waals surface area (Å²) < 4.78 is 6.04. The number of carbonyl (C=O) groups excluding carboxylic acids is 1. The van der Waals surface area contributed by atoms with Crippen molar-refractivity contribution in [1.82, 2.24) is 5.32 Å². The lowest BCUT2D eigenvalue weighted by atomic mass is 9.32. The lowest BCUT2D eigenvalue weighted by Gasteiger charge is -2.72. The fraction of sp³-hybridized carbons (Fsp3) is 0.897. The lowest BCUT2D eigenvalue weighted by Crippen LogP contribution is -2.67. The van der Waals surface area contributed by atoms with Crippen LogP contribution in [-0.4, -0.2) is 47.4 Å². The molecule has 0 aromatic rings. The number of nitrogens with one attached hydrogen (secondary N) is 1. The minimum Gasteiger partial charge on any atom is -0.480 e. The smallest absolute Gasteiger partial charge is 0.326 e. The Kier molecular flexibility index (Phi) is 9.50. The molecular formula is C39H65NO5. The summed E-state index contributed by atoms with van der Waals surface area (Å²) in [6.45, 7) is 24.3. The Bertz CT molecular complexity index is 1150. The van der Waals surface area contributed by atoms with E-state index >= 15 is 0 Å². The van der Waals surface area contributed by atoms with E-state index in [2.05, 4.69) is 53.4 Å². The predicted octanol–water partition coefficient (Wildman–Crippen LogP) is 8.03. The third kappa shape index (κ3) is 5.35. The van der Waals surface area contributed by atoms with Gasteiger partial charge in [0.15, 0.2) is 0 Å². The summed E-state index contributed by atoms with van der Waals surface area (Å²) in [4.78, 5) is 26.8. The van der Waals surface area contributed by atoms with E-state index in [4.69, 9.17) is 4.74 Å². The molecule has 11 atom stereocenters. The molecule has 6 heteroatoms. The van der Waals surface area contributed by atoms with Crippen LogP contribution in [0.4, 0.5) is 0 Å². The van der Waals surface area contributed by atoms with E-state index < -0.39 is 17.4 Å². The Morgan fingerprint density at radius 3 is 2.27 bits per heavy atom. The second kappa shape index (κ2) is 12.2. The van der Waals surface area contributed by atoms with Crippen LogP contribution in [0.25, 0.3) is 0 Å². The number of rotatable bonds is 10. The van der Waals surface area contributed by atoms with E-state index in [1.54, 1.807) is 0 Å². The van der Waals surface area contributed by atoms with Crippen LogP contribution in [0.2, 0.25) is 0 Å². The van der Waals surface area contributed by atoms with Gasteiger partial charge in [-0.3, -0.25) is 4.79 Å². The molecule has 1 unspecified atom stereocenters. The summed E-state index contributed by atoms with van der Waals surface area (Å²) in [5, 5.41) is 24.3. The molecule has 5 rings (SSSR count). The van der Waals surface area contributed by atoms with Crippen LogP contribution in [0.3, 0.4) is 0 Å². The van der Waals surface area contributed by atoms with Crippen LogP contribution in [0.1, 0.15) is 132 Å². The van der Waals surface area contributed by atoms with Crippen molar-refractivity contribution in [2.45, 2.75) is 145 Å². The third-order valence-electron chi connectivity index (χ3n) is 15.3. The van der Waals surface area contributed by atoms with Crippen molar-refractivity contribution in [1.29, 1.82) is 0 Å². The standard InChI is InChI=1S/C39H65NO5/c1-10-21-45-23-25(4)26-13-18-39(34(44)40-28(33(42)43)22-24(2)3)20-19-37(8)27(32(26)39)11-12-30-36(7)16-15-31(41)35(5,6)29(36)14-17-38(30,37)9/h24,26-32,41H,4,10-23H2,1-3,5-9H3,(H,40,44)(H,42,43)/t26-,27+,28?,29-,30+,31-,32+,36-,37+,38+,39-/m0/s1. The largest absolute Gasteiger partial charge is 0.480 e. The number of fused-ring (bicyclic) bond motifs is 7. The van der Waals surface area contributed by atoms with E-state index in [1.165, 1.54) is 12.8 Å². The summed E-state index contributed by atoms with van der Waals surface area (Å²) >= 11 is 0. The predicted molar refractivity (Wildman–Crippen MR) is 179 cm³/mol. The molecule has 5 fully saturated rings. The molecule has 0 bridgehead atoms. The van der Waals surface area contributed by atoms with Crippen molar-refractivity contribution in [2.24, 2.45) is 62.6 Å². The number of carbonyl (C=O) groups is 2. The molecule has 0 radical (unpaired) electrons. The van der Waals surface area contributed by atoms with Gasteiger partial charge in [-0.1, -0.05) is 62.0 Å². The highest BCUT2D eigenvalue weighted by Gasteiger charge is 2.72. The molecule has 0 aromatic carbocycles. The average molecular weight is 628 g/mol. The first kappa shape index (κ1) is 34.9. The Morgan fingerprint density at radius 1 is 0.911 bits per heavy atom. The SMILES string of the molecule is C=C(COCCC)[C@@H]1CC[C@]2(C(=O)NC(CC(C)C)C(=O)O)CC[C@]3(C)[C@H](CC[C@@H]4[C@@]5(C)CC[C@H](O)C(C)(C)[C@@H]5CC[C@]43C)[C@@H]12. The summed E-state index contributed by atoms with van der Waals surface area (Å²) in [5.41, 5.74) is 0.916. The van der Waals surface area contributed by atoms with E-state index in [9.17, 15) is 19.8 Å². The van der Waals surface area contributed by atoms with Crippen molar-refractivity contribution in [3.63, 3.8) is 0 Å². The molecule has 5 saturated carbocycles. The summed E-state index contributed by atoms with van der Waals surface area (Å²) in [7, 11) is 0. The van der Waals surface area contributed by atoms with Gasteiger partial charge < -0.3 is 20.3 Å². The van der Waals surface area contributed by atoms with Gasteiger partial charge in [-0.15, -0.1) is 0 Å². The number of carboxylic acids is 1. The number of aliphatic carboxylic acids is 1. The lowest BCUT2D eigenvalue weighted by molar-refractivity contribution is -0.246. The Morgan fingerprint density at radius 2 is 1.62 bits per heavy atom. The summed E-state index contributed by atoms with van der Waals surface area (Å²) in [6.07, 6.45) is 11.3. The summed E-state index contributed by atoms with van der Waals surface area (Å²) in [5.74, 6) is 1.06. The Hall–Kier alpha value is -1.40. The topological polar surface area (TPSA) is 95.9 Å². The van der Waals surface area contributed by atoms with Crippen molar-refractivity contribution < 1.29 is 24.5 Å². The number of carboxylic acid groups (broad SMARTS) is 1. The zero-order chi connectivity index (χ0) is 33.2. The van der Waals surface area contributed by atoms with Crippen LogP contribution >= 0.6 is 0 Å².